The van der Waals surface area contributed by atoms with E-state index in [9.17, 15) is 0 Å². The van der Waals surface area contributed by atoms with Crippen molar-refractivity contribution in [2.45, 2.75) is 50.7 Å². The number of fused-ring (bicyclic) bond motifs is 7. The summed E-state index contributed by atoms with van der Waals surface area (Å²) in [5.41, 5.74) is 25.8. The Morgan fingerprint density at radius 1 is 0.448 bits per heavy atom. The van der Waals surface area contributed by atoms with Crippen LogP contribution in [0.15, 0.2) is 182 Å². The molecule has 0 amide bonds. The average molecular weight is 749 g/mol. The Balaban J connectivity index is 1.02. The quantitative estimate of drug-likeness (QED) is 0.152. The standard InChI is InChI=1S/C56H48N2/c1-55(2)48-24-14-23-44(53(48)47-32-39-20-11-12-21-40(39)33-51(47)55)42-22-13-15-36(31-42)25-30-52(58-54(57)38-18-9-6-10-19-38)43-27-29-46-45-28-26-41(37-16-7-5-8-17-37)34-49(45)56(3,4)50(46)35-43/h5-35,52,54,58H,57H2,1-4H3/b30-25+. The lowest BCUT2D eigenvalue weighted by Crippen LogP contribution is -2.31. The summed E-state index contributed by atoms with van der Waals surface area (Å²) < 4.78 is 0. The van der Waals surface area contributed by atoms with E-state index in [4.69, 9.17) is 5.73 Å². The molecule has 0 bridgehead atoms. The Hall–Kier alpha value is -6.32. The summed E-state index contributed by atoms with van der Waals surface area (Å²) in [6.07, 6.45) is 4.19. The van der Waals surface area contributed by atoms with Gasteiger partial charge in [-0.3, -0.25) is 5.32 Å². The Morgan fingerprint density at radius 2 is 1.07 bits per heavy atom. The Morgan fingerprint density at radius 3 is 1.84 bits per heavy atom. The van der Waals surface area contributed by atoms with Crippen LogP contribution in [0.25, 0.3) is 61.4 Å². The summed E-state index contributed by atoms with van der Waals surface area (Å²) in [5, 5.41) is 6.36. The minimum absolute atomic E-state index is 0.0887. The van der Waals surface area contributed by atoms with Crippen molar-refractivity contribution in [1.82, 2.24) is 5.32 Å². The van der Waals surface area contributed by atoms with Crippen molar-refractivity contribution >= 4 is 16.8 Å². The van der Waals surface area contributed by atoms with Gasteiger partial charge in [0.2, 0.25) is 0 Å². The molecule has 0 fully saturated rings. The Kier molecular flexibility index (Phi) is 8.67. The molecule has 0 heterocycles. The van der Waals surface area contributed by atoms with Crippen LogP contribution in [0.5, 0.6) is 0 Å². The van der Waals surface area contributed by atoms with E-state index in [0.717, 1.165) is 11.1 Å². The van der Waals surface area contributed by atoms with Crippen LogP contribution in [-0.2, 0) is 10.8 Å². The summed E-state index contributed by atoms with van der Waals surface area (Å²) in [5.74, 6) is 0. The predicted octanol–water partition coefficient (Wildman–Crippen LogP) is 13.8. The second-order valence-electron chi connectivity index (χ2n) is 17.2. The zero-order chi connectivity index (χ0) is 39.6. The van der Waals surface area contributed by atoms with Gasteiger partial charge in [-0.15, -0.1) is 0 Å². The van der Waals surface area contributed by atoms with Crippen LogP contribution in [0, 0.1) is 0 Å². The third-order valence-electron chi connectivity index (χ3n) is 12.9. The second-order valence-corrected chi connectivity index (χ2v) is 17.2. The fraction of sp³-hybridized carbons (Fsp3) is 0.143. The first kappa shape index (κ1) is 36.0. The summed E-state index contributed by atoms with van der Waals surface area (Å²) in [7, 11) is 0. The molecule has 0 aliphatic heterocycles. The number of nitrogens with one attached hydrogen (secondary N) is 1. The zero-order valence-corrected chi connectivity index (χ0v) is 33.6. The van der Waals surface area contributed by atoms with Crippen molar-refractivity contribution in [3.63, 3.8) is 0 Å². The summed E-state index contributed by atoms with van der Waals surface area (Å²) in [4.78, 5) is 0. The Bertz CT molecular complexity index is 2880. The van der Waals surface area contributed by atoms with Gasteiger partial charge in [0, 0.05) is 10.8 Å². The van der Waals surface area contributed by atoms with Crippen LogP contribution in [0.3, 0.4) is 0 Å². The summed E-state index contributed by atoms with van der Waals surface area (Å²) in [6.45, 7) is 9.45. The van der Waals surface area contributed by atoms with Gasteiger partial charge in [0.15, 0.2) is 0 Å². The van der Waals surface area contributed by atoms with E-state index < -0.39 is 0 Å². The molecule has 2 aliphatic rings. The highest BCUT2D eigenvalue weighted by Crippen LogP contribution is 2.53. The third kappa shape index (κ3) is 6.03. The van der Waals surface area contributed by atoms with Gasteiger partial charge in [-0.1, -0.05) is 192 Å². The van der Waals surface area contributed by atoms with Crippen LogP contribution in [0.1, 0.15) is 78.8 Å². The maximum Gasteiger partial charge on any atom is 0.0817 e. The summed E-state index contributed by atoms with van der Waals surface area (Å²) in [6, 6.07) is 64.2. The van der Waals surface area contributed by atoms with Crippen LogP contribution >= 0.6 is 0 Å². The molecule has 2 heteroatoms. The SMILES string of the molecule is CC1(C)c2cc(-c3ccccc3)ccc2-c2ccc(C(/C=C/c3cccc(-c4cccc5c4-c4cc6ccccc6cc4C5(C)C)c3)NC(N)c3ccccc3)cc21. The van der Waals surface area contributed by atoms with E-state index in [1.54, 1.807) is 0 Å². The predicted molar refractivity (Wildman–Crippen MR) is 245 cm³/mol. The molecule has 282 valence electrons. The van der Waals surface area contributed by atoms with Gasteiger partial charge >= 0.3 is 0 Å². The monoisotopic (exact) mass is 748 g/mol. The summed E-state index contributed by atoms with van der Waals surface area (Å²) >= 11 is 0. The lowest BCUT2D eigenvalue weighted by atomic mass is 9.80. The second kappa shape index (κ2) is 14.0. The number of nitrogens with two attached hydrogens (primary N) is 1. The van der Waals surface area contributed by atoms with Crippen molar-refractivity contribution in [3.8, 4) is 44.5 Å². The minimum atomic E-state index is -0.347. The van der Waals surface area contributed by atoms with Crippen LogP contribution in [0.4, 0.5) is 0 Å². The number of rotatable bonds is 8. The van der Waals surface area contributed by atoms with Crippen LogP contribution in [-0.4, -0.2) is 0 Å². The highest BCUT2D eigenvalue weighted by atomic mass is 15.0. The highest BCUT2D eigenvalue weighted by Gasteiger charge is 2.38. The lowest BCUT2D eigenvalue weighted by Gasteiger charge is -2.25. The van der Waals surface area contributed by atoms with E-state index in [2.05, 4.69) is 203 Å². The molecule has 8 aromatic rings. The van der Waals surface area contributed by atoms with Crippen molar-refractivity contribution in [1.29, 1.82) is 0 Å². The maximum absolute atomic E-state index is 6.91. The minimum Gasteiger partial charge on any atom is -0.312 e. The lowest BCUT2D eigenvalue weighted by molar-refractivity contribution is 0.508. The van der Waals surface area contributed by atoms with Gasteiger partial charge in [0.1, 0.15) is 0 Å². The number of benzene rings is 8. The fourth-order valence-corrected chi connectivity index (χ4v) is 9.70. The van der Waals surface area contributed by atoms with Gasteiger partial charge in [-0.25, -0.2) is 0 Å². The van der Waals surface area contributed by atoms with E-state index >= 15 is 0 Å². The number of hydrogen-bond donors (Lipinski definition) is 2. The average Bonchev–Trinajstić information content (AvgIpc) is 3.63. The first-order valence-electron chi connectivity index (χ1n) is 20.5. The molecule has 2 aliphatic carbocycles. The molecule has 0 saturated carbocycles. The van der Waals surface area contributed by atoms with Gasteiger partial charge in [-0.2, -0.15) is 0 Å². The molecule has 3 N–H and O–H groups in total. The molecule has 58 heavy (non-hydrogen) atoms. The maximum atomic E-state index is 6.91. The van der Waals surface area contributed by atoms with Gasteiger partial charge in [0.05, 0.1) is 12.2 Å². The number of hydrogen-bond acceptors (Lipinski definition) is 2. The van der Waals surface area contributed by atoms with Crippen molar-refractivity contribution in [3.05, 3.63) is 221 Å². The molecular weight excluding hydrogens is 701 g/mol. The van der Waals surface area contributed by atoms with E-state index in [0.29, 0.717) is 0 Å². The van der Waals surface area contributed by atoms with E-state index in [1.165, 1.54) is 83.1 Å². The van der Waals surface area contributed by atoms with E-state index in [-0.39, 0.29) is 23.0 Å². The topological polar surface area (TPSA) is 38.0 Å². The van der Waals surface area contributed by atoms with Gasteiger partial charge < -0.3 is 5.73 Å². The fourth-order valence-electron chi connectivity index (χ4n) is 9.70. The van der Waals surface area contributed by atoms with Crippen molar-refractivity contribution in [2.75, 3.05) is 0 Å². The molecule has 2 nitrogen and oxygen atoms in total. The molecule has 0 aromatic heterocycles. The van der Waals surface area contributed by atoms with Gasteiger partial charge in [0.25, 0.3) is 0 Å². The molecule has 2 unspecified atom stereocenters. The van der Waals surface area contributed by atoms with E-state index in [1.807, 2.05) is 18.2 Å². The van der Waals surface area contributed by atoms with Crippen LogP contribution < -0.4 is 11.1 Å². The first-order valence-corrected chi connectivity index (χ1v) is 20.5. The molecule has 0 radical (unpaired) electrons. The molecule has 0 spiro atoms. The molecule has 8 aromatic carbocycles. The third-order valence-corrected chi connectivity index (χ3v) is 12.9. The largest absolute Gasteiger partial charge is 0.312 e. The first-order chi connectivity index (χ1) is 28.2. The molecule has 10 rings (SSSR count). The molecular formula is C56H48N2. The van der Waals surface area contributed by atoms with Gasteiger partial charge in [-0.05, 0) is 118 Å². The zero-order valence-electron chi connectivity index (χ0n) is 33.6. The van der Waals surface area contributed by atoms with Crippen molar-refractivity contribution < 1.29 is 0 Å². The normalized spacial score (nSPS) is 15.5. The smallest absolute Gasteiger partial charge is 0.0817 e. The Labute approximate surface area is 342 Å². The highest BCUT2D eigenvalue weighted by molar-refractivity contribution is 5.98. The van der Waals surface area contributed by atoms with Crippen molar-refractivity contribution in [2.24, 2.45) is 5.73 Å². The molecule has 2 atom stereocenters. The van der Waals surface area contributed by atoms with Crippen LogP contribution in [0.2, 0.25) is 0 Å². The molecule has 0 saturated heterocycles.